The Bertz CT molecular complexity index is 792. The van der Waals surface area contributed by atoms with Crippen molar-refractivity contribution < 1.29 is 14.5 Å². The van der Waals surface area contributed by atoms with Crippen molar-refractivity contribution in [1.29, 1.82) is 0 Å². The molecule has 0 radical (unpaired) electrons. The number of nitrogens with zero attached hydrogens (tertiary/aromatic N) is 4. The van der Waals surface area contributed by atoms with Crippen molar-refractivity contribution in [3.63, 3.8) is 0 Å². The summed E-state index contributed by atoms with van der Waals surface area (Å²) in [5.74, 6) is -0.144. The number of likely N-dealkylation sites (N-methyl/N-ethyl adjacent to an activating group) is 1. The lowest BCUT2D eigenvalue weighted by Crippen LogP contribution is -2.41. The maximum atomic E-state index is 12.4. The molecule has 0 atom stereocenters. The summed E-state index contributed by atoms with van der Waals surface area (Å²) in [5.41, 5.74) is 0.796. The first-order valence-corrected chi connectivity index (χ1v) is 10.8. The average molecular weight is 418 g/mol. The van der Waals surface area contributed by atoms with Crippen LogP contribution in [-0.2, 0) is 4.79 Å². The second-order valence-corrected chi connectivity index (χ2v) is 7.89. The molecule has 0 aromatic heterocycles. The number of rotatable bonds is 8. The number of benzene rings is 1. The number of anilines is 1. The van der Waals surface area contributed by atoms with Gasteiger partial charge in [-0.3, -0.25) is 24.6 Å². The number of nitrogens with one attached hydrogen (secondary N) is 1. The SMILES string of the molecule is CCN(CC)C(=O)CN1CCCN(c2ccc(C(=O)NC3CC3)cc2[N+](=O)[O-])CC1. The number of hydrogen-bond donors (Lipinski definition) is 1. The second kappa shape index (κ2) is 9.88. The number of hydrogen-bond acceptors (Lipinski definition) is 6. The highest BCUT2D eigenvalue weighted by Gasteiger charge is 2.27. The van der Waals surface area contributed by atoms with Crippen molar-refractivity contribution in [2.24, 2.45) is 0 Å². The highest BCUT2D eigenvalue weighted by molar-refractivity contribution is 5.96. The molecule has 2 amide bonds. The Morgan fingerprint density at radius 1 is 1.17 bits per heavy atom. The summed E-state index contributed by atoms with van der Waals surface area (Å²) in [6, 6.07) is 4.91. The summed E-state index contributed by atoms with van der Waals surface area (Å²) in [6.45, 7) is 8.42. The van der Waals surface area contributed by atoms with Gasteiger partial charge in [0.1, 0.15) is 5.69 Å². The van der Waals surface area contributed by atoms with Gasteiger partial charge in [-0.1, -0.05) is 0 Å². The third kappa shape index (κ3) is 5.47. The molecule has 0 bridgehead atoms. The molecule has 1 aliphatic heterocycles. The second-order valence-electron chi connectivity index (χ2n) is 7.89. The van der Waals surface area contributed by atoms with Crippen LogP contribution < -0.4 is 10.2 Å². The van der Waals surface area contributed by atoms with Gasteiger partial charge in [0, 0.05) is 56.9 Å². The highest BCUT2D eigenvalue weighted by Crippen LogP contribution is 2.30. The van der Waals surface area contributed by atoms with Crippen LogP contribution in [0.1, 0.15) is 43.5 Å². The van der Waals surface area contributed by atoms with Crippen LogP contribution in [0, 0.1) is 10.1 Å². The van der Waals surface area contributed by atoms with Crippen molar-refractivity contribution in [3.05, 3.63) is 33.9 Å². The first kappa shape index (κ1) is 22.0. The third-order valence-corrected chi connectivity index (χ3v) is 5.75. The van der Waals surface area contributed by atoms with Crippen molar-refractivity contribution in [1.82, 2.24) is 15.1 Å². The van der Waals surface area contributed by atoms with Gasteiger partial charge in [-0.2, -0.15) is 0 Å². The van der Waals surface area contributed by atoms with E-state index in [2.05, 4.69) is 10.2 Å². The number of nitro benzene ring substituents is 1. The Morgan fingerprint density at radius 3 is 2.53 bits per heavy atom. The van der Waals surface area contributed by atoms with E-state index in [1.807, 2.05) is 23.6 Å². The van der Waals surface area contributed by atoms with Crippen LogP contribution in [0.5, 0.6) is 0 Å². The predicted octanol–water partition coefficient (Wildman–Crippen LogP) is 1.87. The molecule has 0 spiro atoms. The monoisotopic (exact) mass is 417 g/mol. The zero-order chi connectivity index (χ0) is 21.7. The van der Waals surface area contributed by atoms with E-state index in [0.717, 1.165) is 25.8 Å². The van der Waals surface area contributed by atoms with Crippen LogP contribution >= 0.6 is 0 Å². The third-order valence-electron chi connectivity index (χ3n) is 5.75. The largest absolute Gasteiger partial charge is 0.365 e. The molecule has 1 N–H and O–H groups in total. The predicted molar refractivity (Wildman–Crippen MR) is 115 cm³/mol. The fraction of sp³-hybridized carbons (Fsp3) is 0.619. The molecule has 1 aliphatic carbocycles. The number of nitro groups is 1. The highest BCUT2D eigenvalue weighted by atomic mass is 16.6. The van der Waals surface area contributed by atoms with Gasteiger partial charge < -0.3 is 15.1 Å². The zero-order valence-corrected chi connectivity index (χ0v) is 17.8. The van der Waals surface area contributed by atoms with Crippen LogP contribution in [0.4, 0.5) is 11.4 Å². The number of carbonyl (C=O) groups is 2. The first-order chi connectivity index (χ1) is 14.4. The first-order valence-electron chi connectivity index (χ1n) is 10.8. The van der Waals surface area contributed by atoms with Gasteiger partial charge >= 0.3 is 0 Å². The van der Waals surface area contributed by atoms with Crippen molar-refractivity contribution >= 4 is 23.2 Å². The Hall–Kier alpha value is -2.68. The summed E-state index contributed by atoms with van der Waals surface area (Å²) in [6.07, 6.45) is 2.74. The molecule has 1 aromatic rings. The number of carbonyl (C=O) groups excluding carboxylic acids is 2. The topological polar surface area (TPSA) is 99.0 Å². The fourth-order valence-electron chi connectivity index (χ4n) is 3.81. The van der Waals surface area contributed by atoms with Gasteiger partial charge in [-0.15, -0.1) is 0 Å². The van der Waals surface area contributed by atoms with Crippen LogP contribution in [0.2, 0.25) is 0 Å². The van der Waals surface area contributed by atoms with E-state index < -0.39 is 4.92 Å². The van der Waals surface area contributed by atoms with E-state index in [1.165, 1.54) is 6.07 Å². The Labute approximate surface area is 177 Å². The zero-order valence-electron chi connectivity index (χ0n) is 17.8. The molecule has 9 heteroatoms. The molecular formula is C21H31N5O4. The molecule has 1 heterocycles. The van der Waals surface area contributed by atoms with Crippen LogP contribution in [0.3, 0.4) is 0 Å². The minimum absolute atomic E-state index is 0.0499. The minimum atomic E-state index is -0.421. The van der Waals surface area contributed by atoms with Gasteiger partial charge in [-0.05, 0) is 45.2 Å². The van der Waals surface area contributed by atoms with Gasteiger partial charge in [0.25, 0.3) is 11.6 Å². The molecule has 164 valence electrons. The Morgan fingerprint density at radius 2 is 1.90 bits per heavy atom. The molecule has 2 fully saturated rings. The lowest BCUT2D eigenvalue weighted by atomic mass is 10.1. The summed E-state index contributed by atoms with van der Waals surface area (Å²) < 4.78 is 0. The van der Waals surface area contributed by atoms with Crippen LogP contribution in [0.25, 0.3) is 0 Å². The van der Waals surface area contributed by atoms with Gasteiger partial charge in [0.15, 0.2) is 0 Å². The molecule has 1 saturated heterocycles. The van der Waals surface area contributed by atoms with E-state index in [-0.39, 0.29) is 23.5 Å². The quantitative estimate of drug-likeness (QED) is 0.512. The smallest absolute Gasteiger partial charge is 0.293 e. The minimum Gasteiger partial charge on any atom is -0.365 e. The molecule has 2 aliphatic rings. The van der Waals surface area contributed by atoms with Gasteiger partial charge in [-0.25, -0.2) is 0 Å². The summed E-state index contributed by atoms with van der Waals surface area (Å²) >= 11 is 0. The summed E-state index contributed by atoms with van der Waals surface area (Å²) in [5, 5.41) is 14.6. The molecule has 1 saturated carbocycles. The summed E-state index contributed by atoms with van der Waals surface area (Å²) in [7, 11) is 0. The van der Waals surface area contributed by atoms with E-state index in [9.17, 15) is 19.7 Å². The van der Waals surface area contributed by atoms with E-state index >= 15 is 0 Å². The Kier molecular flexibility index (Phi) is 7.25. The number of amides is 2. The Balaban J connectivity index is 1.68. The molecule has 0 unspecified atom stereocenters. The molecular weight excluding hydrogens is 386 g/mol. The maximum absolute atomic E-state index is 12.4. The standard InChI is InChI=1S/C21H31N5O4/c1-3-24(4-2)20(27)15-23-10-5-11-25(13-12-23)18-9-6-16(14-19(18)26(29)30)21(28)22-17-7-8-17/h6,9,14,17H,3-5,7-8,10-13,15H2,1-2H3,(H,22,28). The van der Waals surface area contributed by atoms with Gasteiger partial charge in [0.2, 0.25) is 5.91 Å². The van der Waals surface area contributed by atoms with Crippen LogP contribution in [-0.4, -0.2) is 78.4 Å². The van der Waals surface area contributed by atoms with Crippen molar-refractivity contribution in [2.45, 2.75) is 39.2 Å². The molecule has 1 aromatic carbocycles. The van der Waals surface area contributed by atoms with Crippen molar-refractivity contribution in [3.8, 4) is 0 Å². The molecule has 3 rings (SSSR count). The van der Waals surface area contributed by atoms with Gasteiger partial charge in [0.05, 0.1) is 11.5 Å². The maximum Gasteiger partial charge on any atom is 0.293 e. The van der Waals surface area contributed by atoms with E-state index in [1.54, 1.807) is 12.1 Å². The lowest BCUT2D eigenvalue weighted by Gasteiger charge is -2.25. The molecule has 9 nitrogen and oxygen atoms in total. The van der Waals surface area contributed by atoms with Crippen molar-refractivity contribution in [2.75, 3.05) is 50.7 Å². The average Bonchev–Trinajstić information content (AvgIpc) is 3.56. The lowest BCUT2D eigenvalue weighted by molar-refractivity contribution is -0.384. The van der Waals surface area contributed by atoms with Crippen LogP contribution in [0.15, 0.2) is 18.2 Å². The fourth-order valence-corrected chi connectivity index (χ4v) is 3.81. The normalized spacial score (nSPS) is 17.3. The van der Waals surface area contributed by atoms with E-state index in [4.69, 9.17) is 0 Å². The summed E-state index contributed by atoms with van der Waals surface area (Å²) in [4.78, 5) is 41.9. The van der Waals surface area contributed by atoms with E-state index in [0.29, 0.717) is 50.5 Å². The molecule has 30 heavy (non-hydrogen) atoms.